The molecule has 13 heavy (non-hydrogen) atoms. The number of hydrogen-bond acceptors (Lipinski definition) is 1. The number of carbonyl (C=O) groups is 1. The Labute approximate surface area is 81.2 Å². The highest BCUT2D eigenvalue weighted by molar-refractivity contribution is 5.73. The lowest BCUT2D eigenvalue weighted by Crippen LogP contribution is -2.09. The first-order valence-corrected chi connectivity index (χ1v) is 4.88. The first kappa shape index (κ1) is 12.2. The molecule has 0 unspecified atom stereocenters. The van der Waals surface area contributed by atoms with Gasteiger partial charge in [0, 0.05) is 6.42 Å². The number of allylic oxidation sites excluding steroid dienone is 2. The fraction of sp³-hybridized carbons (Fsp3) is 0.727. The molecule has 0 fully saturated rings. The summed E-state index contributed by atoms with van der Waals surface area (Å²) in [4.78, 5) is 10.4. The van der Waals surface area contributed by atoms with E-state index in [1.54, 1.807) is 0 Å². The van der Waals surface area contributed by atoms with Crippen LogP contribution in [0.15, 0.2) is 12.2 Å². The Bertz CT molecular complexity index is 177. The van der Waals surface area contributed by atoms with Gasteiger partial charge in [-0.05, 0) is 24.7 Å². The van der Waals surface area contributed by atoms with Crippen molar-refractivity contribution in [2.75, 3.05) is 0 Å². The van der Waals surface area contributed by atoms with Gasteiger partial charge in [0.1, 0.15) is 0 Å². The predicted octanol–water partition coefficient (Wildman–Crippen LogP) is 2.63. The Hall–Kier alpha value is -0.790. The number of unbranched alkanes of at least 4 members (excludes halogenated alkanes) is 2. The van der Waals surface area contributed by atoms with Gasteiger partial charge in [-0.1, -0.05) is 32.9 Å². The molecule has 0 aliphatic heterocycles. The molecule has 0 bridgehead atoms. The summed E-state index contributed by atoms with van der Waals surface area (Å²) in [5, 5.41) is 0. The van der Waals surface area contributed by atoms with Crippen LogP contribution in [0.3, 0.4) is 0 Å². The zero-order chi connectivity index (χ0) is 10.3. The number of nitrogens with two attached hydrogens (primary N) is 1. The van der Waals surface area contributed by atoms with Gasteiger partial charge in [0.15, 0.2) is 0 Å². The molecule has 0 rings (SSSR count). The van der Waals surface area contributed by atoms with Crippen LogP contribution in [0, 0.1) is 5.41 Å². The quantitative estimate of drug-likeness (QED) is 0.516. The molecule has 0 aromatic heterocycles. The molecule has 0 saturated heterocycles. The largest absolute Gasteiger partial charge is 0.370 e. The van der Waals surface area contributed by atoms with Crippen LogP contribution in [-0.2, 0) is 4.79 Å². The average Bonchev–Trinajstić information content (AvgIpc) is 1.93. The van der Waals surface area contributed by atoms with Gasteiger partial charge in [0.2, 0.25) is 5.91 Å². The highest BCUT2D eigenvalue weighted by Gasteiger charge is 2.02. The van der Waals surface area contributed by atoms with Crippen LogP contribution in [0.2, 0.25) is 0 Å². The number of primary amides is 1. The van der Waals surface area contributed by atoms with Gasteiger partial charge in [-0.15, -0.1) is 0 Å². The Morgan fingerprint density at radius 2 is 1.92 bits per heavy atom. The molecule has 0 aliphatic carbocycles. The highest BCUT2D eigenvalue weighted by atomic mass is 16.1. The summed E-state index contributed by atoms with van der Waals surface area (Å²) in [6.07, 6.45) is 7.91. The smallest absolute Gasteiger partial charge is 0.217 e. The number of carbonyl (C=O) groups excluding carboxylic acids is 1. The molecule has 0 aliphatic rings. The second-order valence-electron chi connectivity index (χ2n) is 4.48. The number of rotatable bonds is 5. The lowest BCUT2D eigenvalue weighted by molar-refractivity contribution is -0.118. The topological polar surface area (TPSA) is 43.1 Å². The predicted molar refractivity (Wildman–Crippen MR) is 56.3 cm³/mol. The molecule has 2 heteroatoms. The molecular weight excluding hydrogens is 162 g/mol. The normalized spacial score (nSPS) is 12.2. The average molecular weight is 183 g/mol. The minimum Gasteiger partial charge on any atom is -0.370 e. The van der Waals surface area contributed by atoms with Gasteiger partial charge in [-0.25, -0.2) is 0 Å². The fourth-order valence-electron chi connectivity index (χ4n) is 0.998. The standard InChI is InChI=1S/C11H21NO/c1-11(2,3)9-7-5-4-6-8-10(12)13/h7,9H,4-6,8H2,1-3H3,(H2,12,13). The minimum atomic E-state index is -0.195. The van der Waals surface area contributed by atoms with Crippen LogP contribution in [0.25, 0.3) is 0 Å². The molecule has 76 valence electrons. The molecule has 2 N–H and O–H groups in total. The fourth-order valence-corrected chi connectivity index (χ4v) is 0.998. The van der Waals surface area contributed by atoms with E-state index in [-0.39, 0.29) is 11.3 Å². The molecule has 0 atom stereocenters. The molecule has 2 nitrogen and oxygen atoms in total. The molecule has 0 aromatic rings. The first-order valence-electron chi connectivity index (χ1n) is 4.88. The highest BCUT2D eigenvalue weighted by Crippen LogP contribution is 2.15. The van der Waals surface area contributed by atoms with E-state index in [4.69, 9.17) is 5.73 Å². The van der Waals surface area contributed by atoms with E-state index >= 15 is 0 Å². The van der Waals surface area contributed by atoms with Crippen LogP contribution >= 0.6 is 0 Å². The maximum absolute atomic E-state index is 10.4. The van der Waals surface area contributed by atoms with Crippen LogP contribution in [-0.4, -0.2) is 5.91 Å². The third-order valence-corrected chi connectivity index (χ3v) is 1.66. The van der Waals surface area contributed by atoms with Crippen molar-refractivity contribution in [3.05, 3.63) is 12.2 Å². The van der Waals surface area contributed by atoms with Crippen molar-refractivity contribution in [3.63, 3.8) is 0 Å². The molecule has 0 spiro atoms. The van der Waals surface area contributed by atoms with Gasteiger partial charge in [0.25, 0.3) is 0 Å². The Balaban J connectivity index is 3.36. The summed E-state index contributed by atoms with van der Waals surface area (Å²) < 4.78 is 0. The van der Waals surface area contributed by atoms with Crippen molar-refractivity contribution in [2.45, 2.75) is 46.5 Å². The summed E-state index contributed by atoms with van der Waals surface area (Å²) in [6, 6.07) is 0. The van der Waals surface area contributed by atoms with Gasteiger partial charge in [0.05, 0.1) is 0 Å². The molecular formula is C11H21NO. The minimum absolute atomic E-state index is 0.195. The van der Waals surface area contributed by atoms with Gasteiger partial charge < -0.3 is 5.73 Å². The van der Waals surface area contributed by atoms with Crippen molar-refractivity contribution >= 4 is 5.91 Å². The van der Waals surface area contributed by atoms with Crippen LogP contribution in [0.4, 0.5) is 0 Å². The number of hydrogen-bond donors (Lipinski definition) is 1. The summed E-state index contributed by atoms with van der Waals surface area (Å²) in [6.45, 7) is 6.52. The summed E-state index contributed by atoms with van der Waals surface area (Å²) in [5.74, 6) is -0.195. The Kier molecular flexibility index (Phi) is 5.44. The lowest BCUT2D eigenvalue weighted by Gasteiger charge is -2.10. The summed E-state index contributed by atoms with van der Waals surface area (Å²) in [5.41, 5.74) is 5.29. The van der Waals surface area contributed by atoms with Crippen molar-refractivity contribution in [2.24, 2.45) is 11.1 Å². The van der Waals surface area contributed by atoms with E-state index in [9.17, 15) is 4.79 Å². The zero-order valence-electron chi connectivity index (χ0n) is 8.97. The molecule has 1 amide bonds. The van der Waals surface area contributed by atoms with E-state index in [1.807, 2.05) is 0 Å². The van der Waals surface area contributed by atoms with Crippen molar-refractivity contribution in [1.82, 2.24) is 0 Å². The Morgan fingerprint density at radius 1 is 1.31 bits per heavy atom. The molecule has 0 saturated carbocycles. The maximum Gasteiger partial charge on any atom is 0.217 e. The third kappa shape index (κ3) is 11.2. The van der Waals surface area contributed by atoms with Crippen LogP contribution in [0.1, 0.15) is 46.5 Å². The zero-order valence-corrected chi connectivity index (χ0v) is 8.97. The van der Waals surface area contributed by atoms with E-state index in [2.05, 4.69) is 32.9 Å². The van der Waals surface area contributed by atoms with Crippen LogP contribution in [0.5, 0.6) is 0 Å². The van der Waals surface area contributed by atoms with Gasteiger partial charge in [-0.2, -0.15) is 0 Å². The van der Waals surface area contributed by atoms with E-state index in [0.29, 0.717) is 6.42 Å². The maximum atomic E-state index is 10.4. The summed E-state index contributed by atoms with van der Waals surface area (Å²) >= 11 is 0. The van der Waals surface area contributed by atoms with Crippen molar-refractivity contribution in [1.29, 1.82) is 0 Å². The second-order valence-corrected chi connectivity index (χ2v) is 4.48. The Morgan fingerprint density at radius 3 is 2.38 bits per heavy atom. The summed E-state index contributed by atoms with van der Waals surface area (Å²) in [7, 11) is 0. The monoisotopic (exact) mass is 183 g/mol. The van der Waals surface area contributed by atoms with E-state index in [0.717, 1.165) is 19.3 Å². The van der Waals surface area contributed by atoms with Crippen molar-refractivity contribution in [3.8, 4) is 0 Å². The third-order valence-electron chi connectivity index (χ3n) is 1.66. The van der Waals surface area contributed by atoms with Gasteiger partial charge in [-0.3, -0.25) is 4.79 Å². The first-order chi connectivity index (χ1) is 5.92. The van der Waals surface area contributed by atoms with E-state index in [1.165, 1.54) is 0 Å². The van der Waals surface area contributed by atoms with E-state index < -0.39 is 0 Å². The van der Waals surface area contributed by atoms with Gasteiger partial charge >= 0.3 is 0 Å². The number of amides is 1. The molecule has 0 aromatic carbocycles. The van der Waals surface area contributed by atoms with Crippen LogP contribution < -0.4 is 5.73 Å². The molecule has 0 radical (unpaired) electrons. The lowest BCUT2D eigenvalue weighted by atomic mass is 9.96. The molecule has 0 heterocycles. The SMILES string of the molecule is CC(C)(C)C=CCCCCC(N)=O. The van der Waals surface area contributed by atoms with Crippen molar-refractivity contribution < 1.29 is 4.79 Å². The second kappa shape index (κ2) is 5.79.